The number of fused-ring (bicyclic) bond motifs is 1. The molecule has 0 aliphatic carbocycles. The highest BCUT2D eigenvalue weighted by atomic mass is 32.2. The Balaban J connectivity index is 2.31. The van der Waals surface area contributed by atoms with Crippen molar-refractivity contribution in [2.24, 2.45) is 5.73 Å². The zero-order valence-corrected chi connectivity index (χ0v) is 7.64. The van der Waals surface area contributed by atoms with Crippen molar-refractivity contribution >= 4 is 27.5 Å². The minimum Gasteiger partial charge on any atom is -0.378 e. The Morgan fingerprint density at radius 3 is 2.92 bits per heavy atom. The Morgan fingerprint density at radius 2 is 2.15 bits per heavy atom. The molecule has 0 amide bonds. The van der Waals surface area contributed by atoms with Crippen molar-refractivity contribution in [2.45, 2.75) is 0 Å². The maximum absolute atomic E-state index is 7.16. The highest BCUT2D eigenvalue weighted by Gasteiger charge is 2.15. The van der Waals surface area contributed by atoms with Gasteiger partial charge in [0.2, 0.25) is 0 Å². The molecule has 1 aromatic carbocycles. The fourth-order valence-electron chi connectivity index (χ4n) is 1.19. The summed E-state index contributed by atoms with van der Waals surface area (Å²) in [6.07, 6.45) is 1.75. The maximum atomic E-state index is 7.16. The molecule has 3 N–H and O–H groups in total. The summed E-state index contributed by atoms with van der Waals surface area (Å²) in [5.41, 5.74) is 7.30. The third-order valence-electron chi connectivity index (χ3n) is 1.71. The predicted molar refractivity (Wildman–Crippen MR) is 55.7 cm³/mol. The van der Waals surface area contributed by atoms with E-state index in [0.717, 1.165) is 16.2 Å². The van der Waals surface area contributed by atoms with E-state index < -0.39 is 0 Å². The first-order chi connectivity index (χ1) is 6.27. The summed E-state index contributed by atoms with van der Waals surface area (Å²) in [7, 11) is 0. The van der Waals surface area contributed by atoms with E-state index in [-0.39, 0.29) is 5.17 Å². The van der Waals surface area contributed by atoms with Gasteiger partial charge in [0.15, 0.2) is 5.17 Å². The zero-order chi connectivity index (χ0) is 9.26. The fourth-order valence-corrected chi connectivity index (χ4v) is 1.82. The molecule has 1 aromatic rings. The largest absolute Gasteiger partial charge is 0.378 e. The molecular formula is C9H8N3S. The molecule has 0 spiro atoms. The van der Waals surface area contributed by atoms with Crippen LogP contribution >= 0.6 is 11.8 Å². The SMILES string of the molecule is N=C(N)SC1=C[N]c2ccccc21. The summed E-state index contributed by atoms with van der Waals surface area (Å²) in [6, 6.07) is 7.82. The van der Waals surface area contributed by atoms with Gasteiger partial charge < -0.3 is 5.73 Å². The van der Waals surface area contributed by atoms with E-state index in [0.29, 0.717) is 0 Å². The van der Waals surface area contributed by atoms with Crippen LogP contribution in [0, 0.1) is 5.41 Å². The summed E-state index contributed by atoms with van der Waals surface area (Å²) in [4.78, 5) is 0.947. The lowest BCUT2D eigenvalue weighted by Gasteiger charge is -2.00. The summed E-state index contributed by atoms with van der Waals surface area (Å²) >= 11 is 1.23. The number of nitrogens with one attached hydrogen (secondary N) is 1. The number of amidine groups is 1. The van der Waals surface area contributed by atoms with Crippen molar-refractivity contribution in [3.05, 3.63) is 36.0 Å². The molecule has 2 rings (SSSR count). The van der Waals surface area contributed by atoms with Gasteiger partial charge in [0, 0.05) is 16.7 Å². The number of nitrogens with zero attached hydrogens (tertiary/aromatic N) is 1. The van der Waals surface area contributed by atoms with Gasteiger partial charge in [-0.1, -0.05) is 30.0 Å². The van der Waals surface area contributed by atoms with Crippen molar-refractivity contribution < 1.29 is 0 Å². The number of benzene rings is 1. The van der Waals surface area contributed by atoms with Crippen molar-refractivity contribution in [1.29, 1.82) is 5.41 Å². The molecule has 0 saturated carbocycles. The van der Waals surface area contributed by atoms with Crippen LogP contribution in [0.2, 0.25) is 0 Å². The van der Waals surface area contributed by atoms with Gasteiger partial charge in [-0.2, -0.15) is 0 Å². The lowest BCUT2D eigenvalue weighted by Crippen LogP contribution is -2.02. The first-order valence-electron chi connectivity index (χ1n) is 3.79. The Labute approximate surface area is 80.5 Å². The molecule has 0 saturated heterocycles. The van der Waals surface area contributed by atoms with E-state index >= 15 is 0 Å². The number of rotatable bonds is 1. The molecular weight excluding hydrogens is 182 g/mol. The molecule has 0 atom stereocenters. The van der Waals surface area contributed by atoms with Crippen LogP contribution < -0.4 is 11.1 Å². The Kier molecular flexibility index (Phi) is 1.98. The summed E-state index contributed by atoms with van der Waals surface area (Å²) in [5.74, 6) is 0. The van der Waals surface area contributed by atoms with Crippen LogP contribution in [0.1, 0.15) is 5.56 Å². The molecule has 1 heterocycles. The zero-order valence-electron chi connectivity index (χ0n) is 6.82. The van der Waals surface area contributed by atoms with Gasteiger partial charge in [-0.15, -0.1) is 0 Å². The van der Waals surface area contributed by atoms with E-state index in [2.05, 4.69) is 5.32 Å². The minimum atomic E-state index is 0.0955. The second-order valence-electron chi connectivity index (χ2n) is 2.61. The highest BCUT2D eigenvalue weighted by molar-refractivity contribution is 8.21. The molecule has 1 aliphatic heterocycles. The topological polar surface area (TPSA) is 64.0 Å². The standard InChI is InChI=1S/C9H8N3S/c10-9(11)13-8-5-12-7-4-2-1-3-6(7)8/h1-5H,(H3,10,11). The molecule has 3 nitrogen and oxygen atoms in total. The molecule has 0 bridgehead atoms. The van der Waals surface area contributed by atoms with E-state index in [1.807, 2.05) is 24.3 Å². The van der Waals surface area contributed by atoms with Gasteiger partial charge in [0.05, 0.1) is 5.69 Å². The monoisotopic (exact) mass is 190 g/mol. The third-order valence-corrected chi connectivity index (χ3v) is 2.48. The average Bonchev–Trinajstić information content (AvgIpc) is 2.48. The summed E-state index contributed by atoms with van der Waals surface area (Å²) < 4.78 is 0. The van der Waals surface area contributed by atoms with Gasteiger partial charge in [-0.3, -0.25) is 10.7 Å². The van der Waals surface area contributed by atoms with Gasteiger partial charge in [-0.05, 0) is 6.07 Å². The molecule has 65 valence electrons. The molecule has 4 heteroatoms. The second kappa shape index (κ2) is 3.14. The van der Waals surface area contributed by atoms with E-state index in [1.165, 1.54) is 11.8 Å². The van der Waals surface area contributed by atoms with E-state index in [4.69, 9.17) is 11.1 Å². The first-order valence-corrected chi connectivity index (χ1v) is 4.61. The van der Waals surface area contributed by atoms with Gasteiger partial charge in [0.25, 0.3) is 0 Å². The Hall–Kier alpha value is -1.42. The van der Waals surface area contributed by atoms with Crippen LogP contribution in [0.15, 0.2) is 30.5 Å². The van der Waals surface area contributed by atoms with Crippen LogP contribution in [0.4, 0.5) is 5.69 Å². The van der Waals surface area contributed by atoms with Crippen LogP contribution in [-0.2, 0) is 0 Å². The first kappa shape index (κ1) is 8.19. The van der Waals surface area contributed by atoms with Crippen molar-refractivity contribution in [1.82, 2.24) is 5.32 Å². The smallest absolute Gasteiger partial charge is 0.156 e. The van der Waals surface area contributed by atoms with Crippen LogP contribution in [0.5, 0.6) is 0 Å². The quantitative estimate of drug-likeness (QED) is 0.524. The summed E-state index contributed by atoms with van der Waals surface area (Å²) in [6.45, 7) is 0. The van der Waals surface area contributed by atoms with E-state index in [9.17, 15) is 0 Å². The van der Waals surface area contributed by atoms with Gasteiger partial charge >= 0.3 is 0 Å². The molecule has 0 aromatic heterocycles. The van der Waals surface area contributed by atoms with Crippen molar-refractivity contribution in [3.8, 4) is 0 Å². The number of para-hydroxylation sites is 1. The number of nitrogens with two attached hydrogens (primary N) is 1. The van der Waals surface area contributed by atoms with Crippen molar-refractivity contribution in [3.63, 3.8) is 0 Å². The van der Waals surface area contributed by atoms with Gasteiger partial charge in [0.1, 0.15) is 0 Å². The Morgan fingerprint density at radius 1 is 1.38 bits per heavy atom. The lowest BCUT2D eigenvalue weighted by atomic mass is 10.2. The van der Waals surface area contributed by atoms with Gasteiger partial charge in [-0.25, -0.2) is 0 Å². The molecule has 1 radical (unpaired) electrons. The minimum absolute atomic E-state index is 0.0955. The predicted octanol–water partition coefficient (Wildman–Crippen LogP) is 1.86. The summed E-state index contributed by atoms with van der Waals surface area (Å²) in [5, 5.41) is 11.5. The lowest BCUT2D eigenvalue weighted by molar-refractivity contribution is 1.22. The number of hydrogen-bond donors (Lipinski definition) is 2. The van der Waals surface area contributed by atoms with Crippen LogP contribution in [0.3, 0.4) is 0 Å². The second-order valence-corrected chi connectivity index (χ2v) is 3.69. The molecule has 13 heavy (non-hydrogen) atoms. The van der Waals surface area contributed by atoms with Crippen molar-refractivity contribution in [2.75, 3.05) is 0 Å². The number of hydrogen-bond acceptors (Lipinski definition) is 2. The van der Waals surface area contributed by atoms with Crippen LogP contribution in [0.25, 0.3) is 4.91 Å². The average molecular weight is 190 g/mol. The molecule has 0 unspecified atom stereocenters. The molecule has 1 aliphatic rings. The normalized spacial score (nSPS) is 13.1. The maximum Gasteiger partial charge on any atom is 0.156 e. The fraction of sp³-hybridized carbons (Fsp3) is 0. The third kappa shape index (κ3) is 1.53. The highest BCUT2D eigenvalue weighted by Crippen LogP contribution is 2.36. The van der Waals surface area contributed by atoms with E-state index in [1.54, 1.807) is 6.20 Å². The number of thioether (sulfide) groups is 1. The Bertz CT molecular complexity index is 384. The van der Waals surface area contributed by atoms with Crippen LogP contribution in [-0.4, -0.2) is 5.17 Å². The molecule has 0 fully saturated rings.